The molecule has 0 saturated heterocycles. The van der Waals surface area contributed by atoms with Gasteiger partial charge in [0.25, 0.3) is 0 Å². The Bertz CT molecular complexity index is 2020. The molecule has 70 heavy (non-hydrogen) atoms. The molecule has 0 spiro atoms. The largest absolute Gasteiger partial charge is 0.506 e. The van der Waals surface area contributed by atoms with E-state index >= 15 is 0 Å². The summed E-state index contributed by atoms with van der Waals surface area (Å²) >= 11 is 0. The number of halogens is 21. The Kier molecular flexibility index (Phi) is 15.2. The number of carbonyl (C=O) groups excluding carboxylic acids is 3. The normalized spacial score (nSPS) is 32.8. The number of Topliss-reactive ketones (excluding diaryl/α,β-unsaturated/α-hetero) is 3. The molecule has 6 nitrogen and oxygen atoms in total. The summed E-state index contributed by atoms with van der Waals surface area (Å²) in [7, 11) is 0. The summed E-state index contributed by atoms with van der Waals surface area (Å²) in [6.07, 6.45) is -18.3. The Morgan fingerprint density at radius 2 is 0.529 bits per heavy atom. The van der Waals surface area contributed by atoms with Crippen molar-refractivity contribution in [3.05, 3.63) is 34.0 Å². The maximum atomic E-state index is 13.7. The van der Waals surface area contributed by atoms with Gasteiger partial charge in [0.2, 0.25) is 0 Å². The molecule has 0 heterocycles. The fraction of sp³-hybridized carbons (Fsp3) is 0.786. The van der Waals surface area contributed by atoms with Crippen LogP contribution in [0.4, 0.5) is 92.2 Å². The van der Waals surface area contributed by atoms with Crippen LogP contribution in [0.2, 0.25) is 0 Å². The van der Waals surface area contributed by atoms with E-state index < -0.39 is 156 Å². The molecular formula is C42H45EuF21O6. The molecule has 3 N–H and O–H groups in total. The molecule has 0 aliphatic heterocycles. The predicted molar refractivity (Wildman–Crippen MR) is 196 cm³/mol. The van der Waals surface area contributed by atoms with E-state index in [0.717, 1.165) is 0 Å². The first kappa shape index (κ1) is 62.0. The smallest absolute Gasteiger partial charge is 0.460 e. The van der Waals surface area contributed by atoms with Crippen molar-refractivity contribution in [2.24, 2.45) is 50.2 Å². The van der Waals surface area contributed by atoms with E-state index in [-0.39, 0.29) is 68.6 Å². The fourth-order valence-electron chi connectivity index (χ4n) is 10.9. The number of carbonyl (C=O) groups is 3. The minimum atomic E-state index is -6.56. The van der Waals surface area contributed by atoms with Crippen LogP contribution < -0.4 is 0 Å². The van der Waals surface area contributed by atoms with Crippen molar-refractivity contribution >= 4 is 17.3 Å². The van der Waals surface area contributed by atoms with Gasteiger partial charge >= 0.3 is 54.1 Å². The Hall–Kier alpha value is -2.26. The van der Waals surface area contributed by atoms with Gasteiger partial charge in [-0.05, 0) is 72.5 Å². The molecule has 0 aromatic heterocycles. The molecule has 0 unspecified atom stereocenters. The van der Waals surface area contributed by atoms with E-state index in [4.69, 9.17) is 0 Å². The van der Waals surface area contributed by atoms with Crippen LogP contribution in [0.15, 0.2) is 34.0 Å². The molecule has 6 atom stereocenters. The maximum absolute atomic E-state index is 13.7. The Labute approximate surface area is 425 Å². The molecule has 6 aliphatic carbocycles. The Morgan fingerprint density at radius 3 is 0.643 bits per heavy atom. The summed E-state index contributed by atoms with van der Waals surface area (Å²) in [5.74, 6) is -50.5. The number of alkyl halides is 21. The number of ketones is 3. The fourth-order valence-corrected chi connectivity index (χ4v) is 10.9. The second-order valence-electron chi connectivity index (χ2n) is 20.6. The van der Waals surface area contributed by atoms with E-state index in [1.807, 2.05) is 0 Å². The number of aliphatic hydroxyl groups excluding tert-OH is 3. The van der Waals surface area contributed by atoms with E-state index in [9.17, 15) is 122 Å². The average molecular weight is 1200 g/mol. The first-order valence-corrected chi connectivity index (χ1v) is 20.5. The van der Waals surface area contributed by atoms with E-state index in [1.165, 1.54) is 20.8 Å². The van der Waals surface area contributed by atoms with Gasteiger partial charge in [0.05, 0.1) is 0 Å². The third kappa shape index (κ3) is 7.90. The molecule has 6 rings (SSSR count). The van der Waals surface area contributed by atoms with Gasteiger partial charge in [-0.1, -0.05) is 62.3 Å². The zero-order chi connectivity index (χ0) is 54.7. The molecular weight excluding hydrogens is 1150 g/mol. The summed E-state index contributed by atoms with van der Waals surface area (Å²) in [4.78, 5) is 36.9. The molecule has 6 aliphatic rings. The van der Waals surface area contributed by atoms with Crippen LogP contribution >= 0.6 is 0 Å². The molecule has 1 radical (unpaired) electrons. The maximum Gasteiger partial charge on any atom is 0.460 e. The molecule has 0 amide bonds. The number of rotatable bonds is 6. The van der Waals surface area contributed by atoms with Crippen molar-refractivity contribution < 1.29 is 171 Å². The van der Waals surface area contributed by atoms with Crippen molar-refractivity contribution in [1.29, 1.82) is 0 Å². The summed E-state index contributed by atoms with van der Waals surface area (Å²) in [6.45, 7) is 13.6. The van der Waals surface area contributed by atoms with Gasteiger partial charge in [-0.3, -0.25) is 14.4 Å². The summed E-state index contributed by atoms with van der Waals surface area (Å²) < 4.78 is 271. The van der Waals surface area contributed by atoms with E-state index in [2.05, 4.69) is 0 Å². The third-order valence-corrected chi connectivity index (χ3v) is 16.9. The van der Waals surface area contributed by atoms with Gasteiger partial charge in [0.15, 0.2) is 34.6 Å². The summed E-state index contributed by atoms with van der Waals surface area (Å²) in [6, 6.07) is 0. The topological polar surface area (TPSA) is 112 Å². The Balaban J connectivity index is 0.000000276. The van der Waals surface area contributed by atoms with Gasteiger partial charge in [-0.15, -0.1) is 0 Å². The van der Waals surface area contributed by atoms with Crippen molar-refractivity contribution in [2.45, 2.75) is 155 Å². The molecule has 6 saturated carbocycles. The number of allylic oxidation sites excluding steroid dienone is 6. The average Bonchev–Trinajstić information content (AvgIpc) is 3.79. The zero-order valence-corrected chi connectivity index (χ0v) is 40.3. The molecule has 0 aromatic rings. The van der Waals surface area contributed by atoms with Gasteiger partial charge in [-0.2, -0.15) is 92.2 Å². The second kappa shape index (κ2) is 17.1. The number of fused-ring (bicyclic) bond motifs is 6. The van der Waals surface area contributed by atoms with Crippen LogP contribution in [-0.2, 0) is 14.4 Å². The standard InChI is InChI=1S/3C14H15F7O2.Eu/c3*1-10(2)6-4-5-11(10,3)8(22)7(6)9(23)12(15,16)13(17,18)14(19,20)21;/h3*6,23H,4-5H2,1-3H3;/b3*9-7-;/t3*6-,11+;/m000./s1. The van der Waals surface area contributed by atoms with Crippen LogP contribution in [0, 0.1) is 99.6 Å². The van der Waals surface area contributed by atoms with Crippen LogP contribution in [0.25, 0.3) is 0 Å². The van der Waals surface area contributed by atoms with Crippen molar-refractivity contribution in [1.82, 2.24) is 0 Å². The molecule has 6 bridgehead atoms. The van der Waals surface area contributed by atoms with Gasteiger partial charge in [-0.25, -0.2) is 0 Å². The van der Waals surface area contributed by atoms with Crippen LogP contribution in [0.1, 0.15) is 101 Å². The number of hydrogen-bond acceptors (Lipinski definition) is 6. The minimum Gasteiger partial charge on any atom is -0.506 e. The summed E-state index contributed by atoms with van der Waals surface area (Å²) in [5, 5.41) is 28.6. The first-order valence-electron chi connectivity index (χ1n) is 20.5. The summed E-state index contributed by atoms with van der Waals surface area (Å²) in [5.41, 5.74) is -9.29. The quantitative estimate of drug-likeness (QED) is 0.139. The van der Waals surface area contributed by atoms with Gasteiger partial charge < -0.3 is 15.3 Å². The number of aliphatic hydroxyl groups is 3. The van der Waals surface area contributed by atoms with Gasteiger partial charge in [0, 0.05) is 82.3 Å². The third-order valence-electron chi connectivity index (χ3n) is 16.9. The SMILES string of the molecule is CC1(C)[C@H]2CC[C@]1(C)C(=O)/C2=C(\O)C(F)(F)C(F)(F)C(F)(F)F.CC1(C)[C@H]2CC[C@]1(C)C(=O)/C2=C(\O)C(F)(F)C(F)(F)C(F)(F)F.CC1(C)[C@H]2CC[C@]1(C)C(=O)/C2=C(\O)C(F)(F)C(F)(F)C(F)(F)F.[Eu]. The van der Waals surface area contributed by atoms with Crippen LogP contribution in [-0.4, -0.2) is 86.7 Å². The van der Waals surface area contributed by atoms with Crippen molar-refractivity contribution in [3.63, 3.8) is 0 Å². The van der Waals surface area contributed by atoms with Gasteiger partial charge in [0.1, 0.15) is 0 Å². The zero-order valence-electron chi connectivity index (χ0n) is 37.9. The van der Waals surface area contributed by atoms with Crippen molar-refractivity contribution in [3.8, 4) is 0 Å². The number of hydrogen-bond donors (Lipinski definition) is 3. The molecule has 0 aromatic carbocycles. The van der Waals surface area contributed by atoms with E-state index in [0.29, 0.717) is 19.3 Å². The van der Waals surface area contributed by atoms with E-state index in [1.54, 1.807) is 41.5 Å². The predicted octanol–water partition coefficient (Wildman–Crippen LogP) is 14.0. The molecule has 28 heteroatoms. The Morgan fingerprint density at radius 1 is 0.371 bits per heavy atom. The monoisotopic (exact) mass is 1200 g/mol. The van der Waals surface area contributed by atoms with Crippen LogP contribution in [0.3, 0.4) is 0 Å². The van der Waals surface area contributed by atoms with Crippen molar-refractivity contribution in [2.75, 3.05) is 0 Å². The first-order chi connectivity index (χ1) is 30.1. The van der Waals surface area contributed by atoms with Crippen LogP contribution in [0.5, 0.6) is 0 Å². The minimum absolute atomic E-state index is 0. The molecule has 6 fully saturated rings. The molecule has 403 valence electrons. The second-order valence-corrected chi connectivity index (χ2v) is 20.6.